The second kappa shape index (κ2) is 6.66. The molecule has 1 nitrogen and oxygen atoms in total. The number of phenols is 1. The van der Waals surface area contributed by atoms with Crippen LogP contribution in [0.3, 0.4) is 0 Å². The molecule has 0 radical (unpaired) electrons. The normalized spacial score (nSPS) is 11.8. The Labute approximate surface area is 106 Å². The van der Waals surface area contributed by atoms with Crippen molar-refractivity contribution in [1.29, 1.82) is 0 Å². The molecule has 1 N–H and O–H groups in total. The van der Waals surface area contributed by atoms with Gasteiger partial charge in [0.1, 0.15) is 5.75 Å². The van der Waals surface area contributed by atoms with Gasteiger partial charge in [-0.15, -0.1) is 0 Å². The molecule has 1 aromatic rings. The van der Waals surface area contributed by atoms with Crippen LogP contribution in [0, 0.1) is 0 Å². The summed E-state index contributed by atoms with van der Waals surface area (Å²) in [5.74, 6) is -0.336. The van der Waals surface area contributed by atoms with Gasteiger partial charge in [-0.1, -0.05) is 38.7 Å². The standard InChI is InChI=1S/C14H19F3O/c1-2-3-4-5-6-7-11-8-9-12(18)10-13(11)14(15,16)17/h8-10,18H,2-7H2,1H3. The van der Waals surface area contributed by atoms with Gasteiger partial charge in [-0.2, -0.15) is 13.2 Å². The number of rotatable bonds is 6. The molecule has 0 fully saturated rings. The highest BCUT2D eigenvalue weighted by molar-refractivity contribution is 5.36. The molecule has 0 aliphatic rings. The molecule has 0 aliphatic heterocycles. The number of benzene rings is 1. The van der Waals surface area contributed by atoms with Crippen molar-refractivity contribution in [3.05, 3.63) is 29.3 Å². The van der Waals surface area contributed by atoms with E-state index in [4.69, 9.17) is 5.11 Å². The van der Waals surface area contributed by atoms with Crippen LogP contribution >= 0.6 is 0 Å². The molecule has 0 saturated carbocycles. The zero-order valence-corrected chi connectivity index (χ0v) is 10.6. The van der Waals surface area contributed by atoms with E-state index in [0.717, 1.165) is 38.2 Å². The Hall–Kier alpha value is -1.19. The fraction of sp³-hybridized carbons (Fsp3) is 0.571. The lowest BCUT2D eigenvalue weighted by atomic mass is 10.00. The van der Waals surface area contributed by atoms with E-state index in [0.29, 0.717) is 6.42 Å². The van der Waals surface area contributed by atoms with Crippen LogP contribution in [0.4, 0.5) is 13.2 Å². The Morgan fingerprint density at radius 2 is 1.72 bits per heavy atom. The minimum Gasteiger partial charge on any atom is -0.508 e. The van der Waals surface area contributed by atoms with E-state index in [9.17, 15) is 13.2 Å². The summed E-state index contributed by atoms with van der Waals surface area (Å²) in [6.45, 7) is 2.10. The summed E-state index contributed by atoms with van der Waals surface area (Å²) in [4.78, 5) is 0. The Bertz CT molecular complexity index is 372. The van der Waals surface area contributed by atoms with Gasteiger partial charge < -0.3 is 5.11 Å². The molecular weight excluding hydrogens is 241 g/mol. The number of hydrogen-bond donors (Lipinski definition) is 1. The zero-order valence-electron chi connectivity index (χ0n) is 10.6. The molecule has 0 amide bonds. The second-order valence-electron chi connectivity index (χ2n) is 4.50. The molecule has 4 heteroatoms. The number of aromatic hydroxyl groups is 1. The molecule has 0 heterocycles. The van der Waals surface area contributed by atoms with Gasteiger partial charge >= 0.3 is 6.18 Å². The van der Waals surface area contributed by atoms with Crippen molar-refractivity contribution in [2.75, 3.05) is 0 Å². The summed E-state index contributed by atoms with van der Waals surface area (Å²) in [5.41, 5.74) is -0.435. The van der Waals surface area contributed by atoms with Gasteiger partial charge in [0.25, 0.3) is 0 Å². The second-order valence-corrected chi connectivity index (χ2v) is 4.50. The number of alkyl halides is 3. The highest BCUT2D eigenvalue weighted by Gasteiger charge is 2.33. The van der Waals surface area contributed by atoms with Crippen molar-refractivity contribution >= 4 is 0 Å². The summed E-state index contributed by atoms with van der Waals surface area (Å²) in [7, 11) is 0. The fourth-order valence-corrected chi connectivity index (χ4v) is 1.97. The summed E-state index contributed by atoms with van der Waals surface area (Å²) in [5, 5.41) is 9.14. The van der Waals surface area contributed by atoms with Gasteiger partial charge in [0, 0.05) is 0 Å². The van der Waals surface area contributed by atoms with E-state index >= 15 is 0 Å². The van der Waals surface area contributed by atoms with Crippen LogP contribution in [0.15, 0.2) is 18.2 Å². The average molecular weight is 260 g/mol. The average Bonchev–Trinajstić information content (AvgIpc) is 2.29. The van der Waals surface area contributed by atoms with E-state index in [-0.39, 0.29) is 11.3 Å². The SMILES string of the molecule is CCCCCCCc1ccc(O)cc1C(F)(F)F. The number of halogens is 3. The molecular formula is C14H19F3O. The van der Waals surface area contributed by atoms with E-state index in [2.05, 4.69) is 6.92 Å². The highest BCUT2D eigenvalue weighted by Crippen LogP contribution is 2.34. The largest absolute Gasteiger partial charge is 0.508 e. The molecule has 0 saturated heterocycles. The first-order chi connectivity index (χ1) is 8.45. The monoisotopic (exact) mass is 260 g/mol. The van der Waals surface area contributed by atoms with Crippen LogP contribution in [0.2, 0.25) is 0 Å². The molecule has 0 atom stereocenters. The van der Waals surface area contributed by atoms with Crippen LogP contribution in [0.25, 0.3) is 0 Å². The Kier molecular flexibility index (Phi) is 5.51. The van der Waals surface area contributed by atoms with E-state index < -0.39 is 11.7 Å². The van der Waals surface area contributed by atoms with Gasteiger partial charge in [0.15, 0.2) is 0 Å². The first-order valence-corrected chi connectivity index (χ1v) is 6.34. The number of unbranched alkanes of at least 4 members (excludes halogenated alkanes) is 4. The summed E-state index contributed by atoms with van der Waals surface area (Å²) >= 11 is 0. The van der Waals surface area contributed by atoms with Gasteiger partial charge in [0.05, 0.1) is 5.56 Å². The van der Waals surface area contributed by atoms with Crippen LogP contribution in [-0.2, 0) is 12.6 Å². The molecule has 0 spiro atoms. The Balaban J connectivity index is 2.65. The molecule has 102 valence electrons. The van der Waals surface area contributed by atoms with E-state index in [1.54, 1.807) is 0 Å². The minimum atomic E-state index is -4.39. The maximum atomic E-state index is 12.7. The van der Waals surface area contributed by atoms with Gasteiger partial charge in [-0.05, 0) is 30.5 Å². The number of hydrogen-bond acceptors (Lipinski definition) is 1. The van der Waals surface area contributed by atoms with E-state index in [1.807, 2.05) is 0 Å². The Morgan fingerprint density at radius 1 is 1.06 bits per heavy atom. The van der Waals surface area contributed by atoms with E-state index in [1.165, 1.54) is 12.1 Å². The third kappa shape index (κ3) is 4.59. The van der Waals surface area contributed by atoms with Crippen LogP contribution in [-0.4, -0.2) is 5.11 Å². The van der Waals surface area contributed by atoms with Crippen molar-refractivity contribution < 1.29 is 18.3 Å². The van der Waals surface area contributed by atoms with Gasteiger partial charge in [0.2, 0.25) is 0 Å². The molecule has 0 aliphatic carbocycles. The fourth-order valence-electron chi connectivity index (χ4n) is 1.97. The van der Waals surface area contributed by atoms with Gasteiger partial charge in [-0.3, -0.25) is 0 Å². The third-order valence-corrected chi connectivity index (χ3v) is 2.95. The lowest BCUT2D eigenvalue weighted by molar-refractivity contribution is -0.138. The van der Waals surface area contributed by atoms with Crippen molar-refractivity contribution in [2.45, 2.75) is 51.6 Å². The van der Waals surface area contributed by atoms with Crippen molar-refractivity contribution in [3.63, 3.8) is 0 Å². The quantitative estimate of drug-likeness (QED) is 0.719. The maximum Gasteiger partial charge on any atom is 0.416 e. The molecule has 0 aromatic heterocycles. The van der Waals surface area contributed by atoms with Crippen LogP contribution in [0.1, 0.15) is 50.2 Å². The molecule has 1 aromatic carbocycles. The molecule has 18 heavy (non-hydrogen) atoms. The minimum absolute atomic E-state index is 0.275. The predicted octanol–water partition coefficient (Wildman–Crippen LogP) is 4.92. The number of phenolic OH excluding ortho intramolecular Hbond substituents is 1. The molecule has 0 unspecified atom stereocenters. The molecule has 1 rings (SSSR count). The highest BCUT2D eigenvalue weighted by atomic mass is 19.4. The van der Waals surface area contributed by atoms with Crippen LogP contribution < -0.4 is 0 Å². The Morgan fingerprint density at radius 3 is 2.33 bits per heavy atom. The summed E-state index contributed by atoms with van der Waals surface area (Å²) < 4.78 is 38.2. The lowest BCUT2D eigenvalue weighted by Crippen LogP contribution is -2.09. The van der Waals surface area contributed by atoms with Crippen molar-refractivity contribution in [3.8, 4) is 5.75 Å². The first kappa shape index (κ1) is 14.9. The van der Waals surface area contributed by atoms with Crippen molar-refractivity contribution in [1.82, 2.24) is 0 Å². The van der Waals surface area contributed by atoms with Crippen LogP contribution in [0.5, 0.6) is 5.75 Å². The third-order valence-electron chi connectivity index (χ3n) is 2.95. The summed E-state index contributed by atoms with van der Waals surface area (Å²) in [6, 6.07) is 3.50. The lowest BCUT2D eigenvalue weighted by Gasteiger charge is -2.13. The first-order valence-electron chi connectivity index (χ1n) is 6.34. The predicted molar refractivity (Wildman–Crippen MR) is 65.6 cm³/mol. The maximum absolute atomic E-state index is 12.7. The smallest absolute Gasteiger partial charge is 0.416 e. The topological polar surface area (TPSA) is 20.2 Å². The number of aryl methyl sites for hydroxylation is 1. The van der Waals surface area contributed by atoms with Gasteiger partial charge in [-0.25, -0.2) is 0 Å². The van der Waals surface area contributed by atoms with Crippen molar-refractivity contribution in [2.24, 2.45) is 0 Å². The molecule has 0 bridgehead atoms. The summed E-state index contributed by atoms with van der Waals surface area (Å²) in [6.07, 6.45) is 1.04. The zero-order chi connectivity index (χ0) is 13.6.